The molecule has 2 aromatic rings. The number of halogens is 2. The lowest BCUT2D eigenvalue weighted by atomic mass is 10.2. The van der Waals surface area contributed by atoms with Crippen LogP contribution in [0.4, 0.5) is 19.3 Å². The van der Waals surface area contributed by atoms with Gasteiger partial charge in [0.1, 0.15) is 11.6 Å². The van der Waals surface area contributed by atoms with Gasteiger partial charge in [0.15, 0.2) is 0 Å². The normalized spacial score (nSPS) is 12.4. The summed E-state index contributed by atoms with van der Waals surface area (Å²) in [7, 11) is 0. The molecule has 0 radical (unpaired) electrons. The van der Waals surface area contributed by atoms with Gasteiger partial charge in [-0.2, -0.15) is 9.98 Å². The van der Waals surface area contributed by atoms with Crippen LogP contribution in [0.1, 0.15) is 10.4 Å². The van der Waals surface area contributed by atoms with Gasteiger partial charge >= 0.3 is 6.03 Å². The number of urea groups is 1. The molecule has 5 nitrogen and oxygen atoms in total. The average Bonchev–Trinajstić information content (AvgIpc) is 2.77. The summed E-state index contributed by atoms with van der Waals surface area (Å²) in [5.74, 6) is -2.35. The molecule has 3 rings (SSSR count). The predicted molar refractivity (Wildman–Crippen MR) is 68.5 cm³/mol. The fourth-order valence-electron chi connectivity index (χ4n) is 1.90. The molecule has 0 saturated carbocycles. The zero-order valence-corrected chi connectivity index (χ0v) is 10.4. The summed E-state index contributed by atoms with van der Waals surface area (Å²) in [6.45, 7) is 0. The van der Waals surface area contributed by atoms with Crippen molar-refractivity contribution in [1.29, 1.82) is 0 Å². The molecule has 2 aromatic carbocycles. The van der Waals surface area contributed by atoms with Gasteiger partial charge in [0.25, 0.3) is 5.91 Å². The Hall–Kier alpha value is -2.96. The van der Waals surface area contributed by atoms with Crippen molar-refractivity contribution in [3.05, 3.63) is 64.3 Å². The third kappa shape index (κ3) is 2.66. The van der Waals surface area contributed by atoms with Crippen molar-refractivity contribution in [2.45, 2.75) is 0 Å². The summed E-state index contributed by atoms with van der Waals surface area (Å²) in [6.07, 6.45) is 0. The fraction of sp³-hybridized carbons (Fsp3) is 0. The van der Waals surface area contributed by atoms with Crippen LogP contribution in [0.5, 0.6) is 0 Å². The number of nitrogens with one attached hydrogen (secondary N) is 1. The monoisotopic (exact) mass is 287 g/mol. The van der Waals surface area contributed by atoms with Crippen molar-refractivity contribution in [1.82, 2.24) is 0 Å². The lowest BCUT2D eigenvalue weighted by Crippen LogP contribution is -2.23. The largest absolute Gasteiger partial charge is 0.368 e. The standard InChI is InChI=1S/C14H7F2N3O2/c15-8-3-7(4-9(16)5-8)13(20)17-10-1-2-11-12(6-10)19-14(21)18-11/h1-6H,(H,17,20). The molecular weight excluding hydrogens is 280 g/mol. The van der Waals surface area contributed by atoms with E-state index >= 15 is 0 Å². The van der Waals surface area contributed by atoms with Gasteiger partial charge in [0, 0.05) is 17.3 Å². The second-order valence-corrected chi connectivity index (χ2v) is 4.32. The topological polar surface area (TPSA) is 70.9 Å². The maximum absolute atomic E-state index is 13.1. The molecule has 1 N–H and O–H groups in total. The quantitative estimate of drug-likeness (QED) is 0.911. The van der Waals surface area contributed by atoms with Gasteiger partial charge in [0.2, 0.25) is 0 Å². The molecule has 1 aliphatic heterocycles. The van der Waals surface area contributed by atoms with E-state index in [0.717, 1.165) is 12.1 Å². The molecule has 0 aromatic heterocycles. The average molecular weight is 287 g/mol. The zero-order valence-electron chi connectivity index (χ0n) is 10.4. The molecule has 0 spiro atoms. The van der Waals surface area contributed by atoms with Crippen molar-refractivity contribution in [2.24, 2.45) is 9.98 Å². The van der Waals surface area contributed by atoms with Crippen molar-refractivity contribution in [3.8, 4) is 0 Å². The number of amides is 3. The van der Waals surface area contributed by atoms with Crippen LogP contribution < -0.4 is 16.0 Å². The number of nitrogens with zero attached hydrogens (tertiary/aromatic N) is 2. The summed E-state index contributed by atoms with van der Waals surface area (Å²) in [5, 5.41) is 3.22. The Bertz CT molecular complexity index is 873. The molecule has 0 unspecified atom stereocenters. The number of anilines is 1. The molecule has 104 valence electrons. The maximum atomic E-state index is 13.1. The Morgan fingerprint density at radius 1 is 0.952 bits per heavy atom. The summed E-state index contributed by atoms with van der Waals surface area (Å²) < 4.78 is 26.1. The van der Waals surface area contributed by atoms with Crippen LogP contribution in [0.15, 0.2) is 46.4 Å². The highest BCUT2D eigenvalue weighted by Gasteiger charge is 2.11. The van der Waals surface area contributed by atoms with Crippen LogP contribution in [0, 0.1) is 11.6 Å². The van der Waals surface area contributed by atoms with Crippen LogP contribution in [-0.4, -0.2) is 11.9 Å². The number of hydrogen-bond acceptors (Lipinski definition) is 2. The van der Waals surface area contributed by atoms with Crippen LogP contribution >= 0.6 is 0 Å². The molecule has 1 heterocycles. The van der Waals surface area contributed by atoms with Crippen LogP contribution in [0.3, 0.4) is 0 Å². The van der Waals surface area contributed by atoms with E-state index in [1.165, 1.54) is 18.2 Å². The lowest BCUT2D eigenvalue weighted by molar-refractivity contribution is 0.102. The molecule has 0 fully saturated rings. The number of rotatable bonds is 2. The first-order valence-electron chi connectivity index (χ1n) is 5.90. The SMILES string of the molecule is O=C1N=c2ccc(NC(=O)c3cc(F)cc(F)c3)cc2=N1. The van der Waals surface area contributed by atoms with E-state index in [0.29, 0.717) is 22.5 Å². The van der Waals surface area contributed by atoms with E-state index in [1.54, 1.807) is 0 Å². The molecule has 0 saturated heterocycles. The Balaban J connectivity index is 1.89. The smallest absolute Gasteiger partial charge is 0.322 e. The number of benzene rings is 2. The van der Waals surface area contributed by atoms with E-state index in [9.17, 15) is 18.4 Å². The Morgan fingerprint density at radius 3 is 2.33 bits per heavy atom. The van der Waals surface area contributed by atoms with Crippen molar-refractivity contribution >= 4 is 17.6 Å². The van der Waals surface area contributed by atoms with Gasteiger partial charge in [-0.3, -0.25) is 4.79 Å². The van der Waals surface area contributed by atoms with E-state index < -0.39 is 23.6 Å². The second-order valence-electron chi connectivity index (χ2n) is 4.32. The molecule has 21 heavy (non-hydrogen) atoms. The fourth-order valence-corrected chi connectivity index (χ4v) is 1.90. The first-order valence-corrected chi connectivity index (χ1v) is 5.90. The van der Waals surface area contributed by atoms with Gasteiger partial charge in [-0.25, -0.2) is 13.6 Å². The number of carbonyl (C=O) groups is 2. The Kier molecular flexibility index (Phi) is 3.02. The number of fused-ring (bicyclic) bond motifs is 1. The van der Waals surface area contributed by atoms with E-state index in [-0.39, 0.29) is 5.56 Å². The Morgan fingerprint density at radius 2 is 1.62 bits per heavy atom. The van der Waals surface area contributed by atoms with Crippen molar-refractivity contribution in [3.63, 3.8) is 0 Å². The van der Waals surface area contributed by atoms with Crippen LogP contribution in [0.25, 0.3) is 0 Å². The second kappa shape index (κ2) is 4.86. The maximum Gasteiger partial charge on any atom is 0.368 e. The highest BCUT2D eigenvalue weighted by atomic mass is 19.1. The van der Waals surface area contributed by atoms with Gasteiger partial charge in [-0.05, 0) is 30.3 Å². The summed E-state index contributed by atoms with van der Waals surface area (Å²) in [6, 6.07) is 6.41. The van der Waals surface area contributed by atoms with Gasteiger partial charge < -0.3 is 5.32 Å². The highest BCUT2D eigenvalue weighted by molar-refractivity contribution is 6.04. The molecule has 0 bridgehead atoms. The zero-order chi connectivity index (χ0) is 15.0. The van der Waals surface area contributed by atoms with Gasteiger partial charge in [-0.15, -0.1) is 0 Å². The minimum absolute atomic E-state index is 0.147. The van der Waals surface area contributed by atoms with Gasteiger partial charge in [-0.1, -0.05) is 0 Å². The molecule has 1 aliphatic rings. The van der Waals surface area contributed by atoms with Gasteiger partial charge in [0.05, 0.1) is 10.7 Å². The first kappa shape index (κ1) is 13.0. The molecule has 7 heteroatoms. The lowest BCUT2D eigenvalue weighted by Gasteiger charge is -2.05. The first-order chi connectivity index (χ1) is 10.0. The van der Waals surface area contributed by atoms with Crippen LogP contribution in [-0.2, 0) is 0 Å². The summed E-state index contributed by atoms with van der Waals surface area (Å²) in [5.41, 5.74) is 0.197. The minimum atomic E-state index is -0.839. The summed E-state index contributed by atoms with van der Waals surface area (Å²) >= 11 is 0. The summed E-state index contributed by atoms with van der Waals surface area (Å²) in [4.78, 5) is 30.2. The van der Waals surface area contributed by atoms with E-state index in [2.05, 4.69) is 15.3 Å². The third-order valence-electron chi connectivity index (χ3n) is 2.79. The predicted octanol–water partition coefficient (Wildman–Crippen LogP) is 1.59. The van der Waals surface area contributed by atoms with E-state index in [1.807, 2.05) is 0 Å². The van der Waals surface area contributed by atoms with Crippen LogP contribution in [0.2, 0.25) is 0 Å². The van der Waals surface area contributed by atoms with E-state index in [4.69, 9.17) is 0 Å². The van der Waals surface area contributed by atoms with Crippen molar-refractivity contribution in [2.75, 3.05) is 5.32 Å². The molecule has 3 amide bonds. The minimum Gasteiger partial charge on any atom is -0.322 e. The number of hydrogen-bond donors (Lipinski definition) is 1. The molecule has 0 aliphatic carbocycles. The molecular formula is C14H7F2N3O2. The molecule has 0 atom stereocenters. The van der Waals surface area contributed by atoms with Crippen molar-refractivity contribution < 1.29 is 18.4 Å². The third-order valence-corrected chi connectivity index (χ3v) is 2.79. The highest BCUT2D eigenvalue weighted by Crippen LogP contribution is 2.10. The number of carbonyl (C=O) groups excluding carboxylic acids is 2. The Labute approximate surface area is 116 Å².